The molecule has 2 N–H and O–H groups in total. The summed E-state index contributed by atoms with van der Waals surface area (Å²) in [5.41, 5.74) is -0.386. The number of rotatable bonds is 3. The predicted molar refractivity (Wildman–Crippen MR) is 61.3 cm³/mol. The summed E-state index contributed by atoms with van der Waals surface area (Å²) in [5.74, 6) is 0.192. The maximum atomic E-state index is 12.1. The zero-order valence-electron chi connectivity index (χ0n) is 10.1. The maximum absolute atomic E-state index is 12.1. The number of aliphatic hydroxyl groups is 2. The minimum Gasteiger partial charge on any atom is -0.396 e. The monoisotopic (exact) mass is 243 g/mol. The Morgan fingerprint density at radius 3 is 2.41 bits per heavy atom. The number of likely N-dealkylation sites (tertiary alicyclic amines) is 1. The molecular weight excluding hydrogens is 222 g/mol. The molecule has 0 aromatic rings. The summed E-state index contributed by atoms with van der Waals surface area (Å²) in [6, 6.07) is 0. The Balaban J connectivity index is 1.87. The lowest BCUT2D eigenvalue weighted by molar-refractivity contribution is -0.139. The highest BCUT2D eigenvalue weighted by Crippen LogP contribution is 2.31. The van der Waals surface area contributed by atoms with Gasteiger partial charge in [-0.25, -0.2) is 0 Å². The van der Waals surface area contributed by atoms with E-state index in [0.29, 0.717) is 39.1 Å². The first-order valence-electron chi connectivity index (χ1n) is 6.29. The third-order valence-electron chi connectivity index (χ3n) is 4.09. The largest absolute Gasteiger partial charge is 0.396 e. The van der Waals surface area contributed by atoms with Crippen molar-refractivity contribution in [2.24, 2.45) is 11.3 Å². The lowest BCUT2D eigenvalue weighted by atomic mass is 9.79. The molecule has 5 heteroatoms. The standard InChI is InChI=1S/C12H21NO4/c14-8-12(9-15)2-4-13(5-3-12)11(16)10-1-6-17-7-10/h10,14-15H,1-9H2. The molecule has 17 heavy (non-hydrogen) atoms. The van der Waals surface area contributed by atoms with Gasteiger partial charge in [0.05, 0.1) is 25.7 Å². The second kappa shape index (κ2) is 5.33. The van der Waals surface area contributed by atoms with Gasteiger partial charge in [-0.1, -0.05) is 0 Å². The van der Waals surface area contributed by atoms with E-state index in [2.05, 4.69) is 0 Å². The van der Waals surface area contributed by atoms with Gasteiger partial charge in [-0.3, -0.25) is 4.79 Å². The van der Waals surface area contributed by atoms with E-state index in [-0.39, 0.29) is 30.5 Å². The van der Waals surface area contributed by atoms with Crippen molar-refractivity contribution in [1.82, 2.24) is 4.90 Å². The van der Waals surface area contributed by atoms with Crippen LogP contribution in [-0.4, -0.2) is 60.5 Å². The van der Waals surface area contributed by atoms with Crippen LogP contribution >= 0.6 is 0 Å². The highest BCUT2D eigenvalue weighted by molar-refractivity contribution is 5.79. The van der Waals surface area contributed by atoms with Crippen molar-refractivity contribution in [3.05, 3.63) is 0 Å². The molecule has 2 rings (SSSR count). The van der Waals surface area contributed by atoms with Gasteiger partial charge in [0, 0.05) is 25.1 Å². The number of piperidine rings is 1. The van der Waals surface area contributed by atoms with Gasteiger partial charge in [0.2, 0.25) is 5.91 Å². The summed E-state index contributed by atoms with van der Waals surface area (Å²) in [4.78, 5) is 14.0. The molecule has 5 nitrogen and oxygen atoms in total. The lowest BCUT2D eigenvalue weighted by Gasteiger charge is -2.40. The molecule has 2 heterocycles. The average molecular weight is 243 g/mol. The molecular formula is C12H21NO4. The molecule has 98 valence electrons. The van der Waals surface area contributed by atoms with E-state index in [1.165, 1.54) is 0 Å². The molecule has 1 amide bonds. The fraction of sp³-hybridized carbons (Fsp3) is 0.917. The van der Waals surface area contributed by atoms with Gasteiger partial charge >= 0.3 is 0 Å². The summed E-state index contributed by atoms with van der Waals surface area (Å²) in [5, 5.41) is 18.6. The highest BCUT2D eigenvalue weighted by atomic mass is 16.5. The van der Waals surface area contributed by atoms with Gasteiger partial charge in [0.1, 0.15) is 0 Å². The van der Waals surface area contributed by atoms with Crippen LogP contribution in [0.15, 0.2) is 0 Å². The first-order chi connectivity index (χ1) is 8.21. The fourth-order valence-corrected chi connectivity index (χ4v) is 2.56. The van der Waals surface area contributed by atoms with E-state index in [9.17, 15) is 15.0 Å². The Kier molecular flexibility index (Phi) is 4.01. The maximum Gasteiger partial charge on any atom is 0.228 e. The quantitative estimate of drug-likeness (QED) is 0.708. The van der Waals surface area contributed by atoms with E-state index in [1.54, 1.807) is 0 Å². The van der Waals surface area contributed by atoms with E-state index in [1.807, 2.05) is 4.90 Å². The van der Waals surface area contributed by atoms with Crippen molar-refractivity contribution < 1.29 is 19.7 Å². The molecule has 0 spiro atoms. The van der Waals surface area contributed by atoms with Crippen LogP contribution < -0.4 is 0 Å². The van der Waals surface area contributed by atoms with Gasteiger partial charge < -0.3 is 19.8 Å². The van der Waals surface area contributed by atoms with Crippen molar-refractivity contribution in [3.8, 4) is 0 Å². The van der Waals surface area contributed by atoms with E-state index >= 15 is 0 Å². The first kappa shape index (κ1) is 12.8. The summed E-state index contributed by atoms with van der Waals surface area (Å²) >= 11 is 0. The zero-order chi connectivity index (χ0) is 12.3. The predicted octanol–water partition coefficient (Wildman–Crippen LogP) is -0.384. The number of hydrogen-bond donors (Lipinski definition) is 2. The first-order valence-corrected chi connectivity index (χ1v) is 6.29. The molecule has 2 fully saturated rings. The Morgan fingerprint density at radius 1 is 1.29 bits per heavy atom. The molecule has 0 radical (unpaired) electrons. The van der Waals surface area contributed by atoms with Gasteiger partial charge in [-0.05, 0) is 19.3 Å². The minimum absolute atomic E-state index is 0.00191. The Labute approximate surface area is 101 Å². The highest BCUT2D eigenvalue weighted by Gasteiger charge is 2.37. The normalized spacial score (nSPS) is 28.4. The van der Waals surface area contributed by atoms with Crippen LogP contribution in [0.25, 0.3) is 0 Å². The van der Waals surface area contributed by atoms with Gasteiger partial charge in [-0.15, -0.1) is 0 Å². The topological polar surface area (TPSA) is 70.0 Å². The SMILES string of the molecule is O=C(C1CCOC1)N1CCC(CO)(CO)CC1. The molecule has 2 aliphatic heterocycles. The van der Waals surface area contributed by atoms with E-state index in [0.717, 1.165) is 6.42 Å². The molecule has 2 saturated heterocycles. The number of aliphatic hydroxyl groups excluding tert-OH is 2. The van der Waals surface area contributed by atoms with Crippen molar-refractivity contribution >= 4 is 5.91 Å². The molecule has 1 atom stereocenters. The van der Waals surface area contributed by atoms with Gasteiger partial charge in [-0.2, -0.15) is 0 Å². The van der Waals surface area contributed by atoms with Crippen LogP contribution in [0, 0.1) is 11.3 Å². The van der Waals surface area contributed by atoms with Crippen molar-refractivity contribution in [1.29, 1.82) is 0 Å². The van der Waals surface area contributed by atoms with Crippen LogP contribution in [0.3, 0.4) is 0 Å². The number of hydrogen-bond acceptors (Lipinski definition) is 4. The van der Waals surface area contributed by atoms with E-state index < -0.39 is 0 Å². The number of amides is 1. The smallest absolute Gasteiger partial charge is 0.228 e. The van der Waals surface area contributed by atoms with Gasteiger partial charge in [0.15, 0.2) is 0 Å². The summed E-state index contributed by atoms with van der Waals surface area (Å²) in [6.07, 6.45) is 2.18. The minimum atomic E-state index is -0.386. The Hall–Kier alpha value is -0.650. The Morgan fingerprint density at radius 2 is 1.94 bits per heavy atom. The number of carbonyl (C=O) groups is 1. The lowest BCUT2D eigenvalue weighted by Crippen LogP contribution is -2.48. The van der Waals surface area contributed by atoms with Crippen molar-refractivity contribution in [2.75, 3.05) is 39.5 Å². The average Bonchev–Trinajstić information content (AvgIpc) is 2.92. The Bertz CT molecular complexity index is 262. The molecule has 0 aromatic heterocycles. The zero-order valence-corrected chi connectivity index (χ0v) is 10.1. The van der Waals surface area contributed by atoms with E-state index in [4.69, 9.17) is 4.74 Å². The third kappa shape index (κ3) is 2.61. The second-order valence-corrected chi connectivity index (χ2v) is 5.20. The number of ether oxygens (including phenoxy) is 1. The summed E-state index contributed by atoms with van der Waals surface area (Å²) in [7, 11) is 0. The molecule has 0 aromatic carbocycles. The molecule has 0 aliphatic carbocycles. The molecule has 0 bridgehead atoms. The number of nitrogens with zero attached hydrogens (tertiary/aromatic N) is 1. The molecule has 0 saturated carbocycles. The van der Waals surface area contributed by atoms with Crippen LogP contribution in [0.5, 0.6) is 0 Å². The van der Waals surface area contributed by atoms with Crippen LogP contribution in [0.2, 0.25) is 0 Å². The number of carbonyl (C=O) groups excluding carboxylic acids is 1. The van der Waals surface area contributed by atoms with Crippen LogP contribution in [0.4, 0.5) is 0 Å². The fourth-order valence-electron chi connectivity index (χ4n) is 2.56. The van der Waals surface area contributed by atoms with Crippen LogP contribution in [-0.2, 0) is 9.53 Å². The van der Waals surface area contributed by atoms with Crippen molar-refractivity contribution in [2.45, 2.75) is 19.3 Å². The summed E-state index contributed by atoms with van der Waals surface area (Å²) in [6.45, 7) is 2.49. The third-order valence-corrected chi connectivity index (χ3v) is 4.09. The summed E-state index contributed by atoms with van der Waals surface area (Å²) < 4.78 is 5.22. The second-order valence-electron chi connectivity index (χ2n) is 5.20. The molecule has 2 aliphatic rings. The van der Waals surface area contributed by atoms with Gasteiger partial charge in [0.25, 0.3) is 0 Å². The molecule has 1 unspecified atom stereocenters. The van der Waals surface area contributed by atoms with Crippen molar-refractivity contribution in [3.63, 3.8) is 0 Å². The van der Waals surface area contributed by atoms with Crippen LogP contribution in [0.1, 0.15) is 19.3 Å².